The molecule has 11 nitrogen and oxygen atoms in total. The first-order valence-electron chi connectivity index (χ1n) is 10.5. The zero-order chi connectivity index (χ0) is 24.6. The third-order valence-corrected chi connectivity index (χ3v) is 7.06. The number of primary amides is 1. The molecule has 1 saturated carbocycles. The minimum absolute atomic E-state index is 0. The fraction of sp³-hybridized carbons (Fsp3) is 0.435. The van der Waals surface area contributed by atoms with Crippen molar-refractivity contribution in [2.75, 3.05) is 33.1 Å². The average molecular weight is 512 g/mol. The van der Waals surface area contributed by atoms with E-state index in [0.29, 0.717) is 5.56 Å². The Hall–Kier alpha value is -3.12. The van der Waals surface area contributed by atoms with Crippen LogP contribution in [0.5, 0.6) is 5.75 Å². The standard InChI is InChI=1S/C23H27N3O7.ClH.H2O/c1-25(2)12-5-6-13(27)15-10(12)7-9-8-11-17(26(3)4)19(29)16(22(24)32)21(31)23(11,33)20(30)14(9)18(15)28;;/h5-6,9,11,17,27-28,31,33H,7-8H2,1-4H3,(H2,24,32);1H;1H2/t9-,11+,17-,23-;;/m0../s1. The van der Waals surface area contributed by atoms with Gasteiger partial charge in [0, 0.05) is 31.3 Å². The van der Waals surface area contributed by atoms with Crippen LogP contribution in [0.15, 0.2) is 29.0 Å². The van der Waals surface area contributed by atoms with Gasteiger partial charge in [-0.3, -0.25) is 19.3 Å². The molecule has 3 aliphatic carbocycles. The molecule has 0 radical (unpaired) electrons. The van der Waals surface area contributed by atoms with Gasteiger partial charge in [0.1, 0.15) is 22.8 Å². The Balaban J connectivity index is 0.00000216. The van der Waals surface area contributed by atoms with E-state index in [9.17, 15) is 34.8 Å². The molecular formula is C23H30ClN3O8. The van der Waals surface area contributed by atoms with Crippen LogP contribution in [0.1, 0.15) is 17.5 Å². The SMILES string of the molecule is CN(C)c1ccc(O)c2c1C[C@H]1C[C@@H]3[C@H](N(C)C)C(=O)C(C(N)=O)=C(O)[C@@]3(O)C(=O)C1=C2O.Cl.O. The number of fused-ring (bicyclic) bond motifs is 3. The summed E-state index contributed by atoms with van der Waals surface area (Å²) in [7, 11) is 6.75. The molecular weight excluding hydrogens is 482 g/mol. The number of carbonyl (C=O) groups excluding carboxylic acids is 3. The first-order valence-corrected chi connectivity index (χ1v) is 10.5. The monoisotopic (exact) mass is 511 g/mol. The maximum Gasteiger partial charge on any atom is 0.255 e. The molecule has 1 amide bonds. The molecule has 0 saturated heterocycles. The number of phenolic OH excluding ortho intramolecular Hbond substituents is 1. The van der Waals surface area contributed by atoms with E-state index in [1.165, 1.54) is 11.0 Å². The van der Waals surface area contributed by atoms with Gasteiger partial charge in [-0.1, -0.05) is 0 Å². The lowest BCUT2D eigenvalue weighted by atomic mass is 9.57. The molecule has 0 heterocycles. The van der Waals surface area contributed by atoms with Crippen molar-refractivity contribution in [2.24, 2.45) is 17.6 Å². The summed E-state index contributed by atoms with van der Waals surface area (Å²) in [6.07, 6.45) is 0.324. The molecule has 0 bridgehead atoms. The van der Waals surface area contributed by atoms with Crippen molar-refractivity contribution < 1.29 is 40.3 Å². The number of benzene rings is 1. The van der Waals surface area contributed by atoms with Crippen LogP contribution in [0.3, 0.4) is 0 Å². The van der Waals surface area contributed by atoms with Crippen molar-refractivity contribution in [3.05, 3.63) is 40.2 Å². The van der Waals surface area contributed by atoms with Gasteiger partial charge < -0.3 is 36.5 Å². The highest BCUT2D eigenvalue weighted by molar-refractivity contribution is 6.24. The third kappa shape index (κ3) is 3.66. The number of hydrogen-bond donors (Lipinski definition) is 5. The second kappa shape index (κ2) is 9.15. The predicted octanol–water partition coefficient (Wildman–Crippen LogP) is -0.373. The molecule has 4 rings (SSSR count). The molecule has 1 fully saturated rings. The van der Waals surface area contributed by atoms with Crippen LogP contribution in [-0.2, 0) is 20.8 Å². The van der Waals surface area contributed by atoms with Gasteiger partial charge >= 0.3 is 0 Å². The van der Waals surface area contributed by atoms with Crippen LogP contribution in [0.4, 0.5) is 5.69 Å². The van der Waals surface area contributed by atoms with E-state index in [1.807, 2.05) is 19.0 Å². The molecule has 0 unspecified atom stereocenters. The first-order chi connectivity index (χ1) is 15.3. The summed E-state index contributed by atoms with van der Waals surface area (Å²) < 4.78 is 0. The number of hydrogen-bond acceptors (Lipinski definition) is 9. The van der Waals surface area contributed by atoms with E-state index in [2.05, 4.69) is 0 Å². The lowest BCUT2D eigenvalue weighted by molar-refractivity contribution is -0.153. The van der Waals surface area contributed by atoms with E-state index < -0.39 is 58.0 Å². The number of aliphatic hydroxyl groups is 3. The van der Waals surface area contributed by atoms with Crippen LogP contribution in [0, 0.1) is 11.8 Å². The number of nitrogens with two attached hydrogens (primary N) is 1. The van der Waals surface area contributed by atoms with Gasteiger partial charge in [-0.25, -0.2) is 0 Å². The Labute approximate surface area is 207 Å². The highest BCUT2D eigenvalue weighted by Gasteiger charge is 2.64. The highest BCUT2D eigenvalue weighted by Crippen LogP contribution is 2.53. The predicted molar refractivity (Wildman–Crippen MR) is 129 cm³/mol. The second-order valence-corrected chi connectivity index (χ2v) is 9.31. The molecule has 0 aromatic heterocycles. The van der Waals surface area contributed by atoms with Gasteiger partial charge in [-0.05, 0) is 50.6 Å². The van der Waals surface area contributed by atoms with Crippen LogP contribution in [0.25, 0.3) is 5.76 Å². The zero-order valence-corrected chi connectivity index (χ0v) is 20.5. The molecule has 8 N–H and O–H groups in total. The number of halogens is 1. The smallest absolute Gasteiger partial charge is 0.255 e. The number of rotatable bonds is 3. The summed E-state index contributed by atoms with van der Waals surface area (Å²) in [6.45, 7) is 0. The normalized spacial score (nSPS) is 27.4. The largest absolute Gasteiger partial charge is 0.508 e. The van der Waals surface area contributed by atoms with Gasteiger partial charge in [0.25, 0.3) is 5.91 Å². The van der Waals surface area contributed by atoms with Crippen LogP contribution in [0.2, 0.25) is 0 Å². The minimum Gasteiger partial charge on any atom is -0.508 e. The van der Waals surface area contributed by atoms with Gasteiger partial charge in [-0.2, -0.15) is 0 Å². The van der Waals surface area contributed by atoms with E-state index in [-0.39, 0.29) is 47.6 Å². The Morgan fingerprint density at radius 2 is 1.71 bits per heavy atom. The quantitative estimate of drug-likeness (QED) is 0.336. The van der Waals surface area contributed by atoms with Crippen molar-refractivity contribution in [3.63, 3.8) is 0 Å². The molecule has 35 heavy (non-hydrogen) atoms. The second-order valence-electron chi connectivity index (χ2n) is 9.31. The molecule has 3 aliphatic rings. The van der Waals surface area contributed by atoms with E-state index >= 15 is 0 Å². The third-order valence-electron chi connectivity index (χ3n) is 7.06. The number of aromatic hydroxyl groups is 1. The Bertz CT molecular complexity index is 1180. The van der Waals surface area contributed by atoms with Crippen molar-refractivity contribution in [1.29, 1.82) is 0 Å². The molecule has 1 aromatic rings. The maximum absolute atomic E-state index is 13.7. The molecule has 1 aromatic carbocycles. The number of aliphatic hydroxyl groups excluding tert-OH is 2. The van der Waals surface area contributed by atoms with Crippen molar-refractivity contribution in [1.82, 2.24) is 4.90 Å². The highest BCUT2D eigenvalue weighted by atomic mass is 35.5. The number of Topliss-reactive ketones (excluding diaryl/α,β-unsaturated/α-hetero) is 2. The number of amides is 1. The van der Waals surface area contributed by atoms with E-state index in [4.69, 9.17) is 5.73 Å². The van der Waals surface area contributed by atoms with Gasteiger partial charge in [0.05, 0.1) is 11.6 Å². The number of likely N-dealkylation sites (N-methyl/N-ethyl adjacent to an activating group) is 1. The molecule has 0 aliphatic heterocycles. The summed E-state index contributed by atoms with van der Waals surface area (Å²) >= 11 is 0. The van der Waals surface area contributed by atoms with E-state index in [0.717, 1.165) is 5.69 Å². The first kappa shape index (κ1) is 28.1. The van der Waals surface area contributed by atoms with Crippen molar-refractivity contribution in [3.8, 4) is 5.75 Å². The molecule has 4 atom stereocenters. The minimum atomic E-state index is -2.63. The number of ketones is 2. The topological polar surface area (TPSA) is 196 Å². The number of carbonyl (C=O) groups is 3. The zero-order valence-electron chi connectivity index (χ0n) is 19.7. The lowest BCUT2D eigenvalue weighted by Crippen LogP contribution is -2.65. The Morgan fingerprint density at radius 1 is 1.11 bits per heavy atom. The van der Waals surface area contributed by atoms with Crippen molar-refractivity contribution in [2.45, 2.75) is 24.5 Å². The van der Waals surface area contributed by atoms with Gasteiger partial charge in [0.2, 0.25) is 5.78 Å². The number of phenols is 1. The number of anilines is 1. The number of nitrogens with zero attached hydrogens (tertiary/aromatic N) is 2. The Kier molecular flexibility index (Phi) is 7.35. The summed E-state index contributed by atoms with van der Waals surface area (Å²) in [4.78, 5) is 42.0. The summed E-state index contributed by atoms with van der Waals surface area (Å²) in [6, 6.07) is 2.01. The van der Waals surface area contributed by atoms with Crippen LogP contribution >= 0.6 is 12.4 Å². The van der Waals surface area contributed by atoms with Gasteiger partial charge in [0.15, 0.2) is 11.4 Å². The molecule has 12 heteroatoms. The van der Waals surface area contributed by atoms with E-state index in [1.54, 1.807) is 20.2 Å². The van der Waals surface area contributed by atoms with Crippen molar-refractivity contribution >= 4 is 41.3 Å². The fourth-order valence-corrected chi connectivity index (χ4v) is 5.65. The molecule has 192 valence electrons. The fourth-order valence-electron chi connectivity index (χ4n) is 5.65. The lowest BCUT2D eigenvalue weighted by Gasteiger charge is -2.50. The van der Waals surface area contributed by atoms with Crippen LogP contribution < -0.4 is 10.6 Å². The maximum atomic E-state index is 13.7. The average Bonchev–Trinajstić information content (AvgIpc) is 2.70. The van der Waals surface area contributed by atoms with Gasteiger partial charge in [-0.15, -0.1) is 12.4 Å². The Morgan fingerprint density at radius 3 is 2.23 bits per heavy atom. The summed E-state index contributed by atoms with van der Waals surface area (Å²) in [5.74, 6) is -6.54. The summed E-state index contributed by atoms with van der Waals surface area (Å²) in [5, 5.41) is 43.9. The van der Waals surface area contributed by atoms with Crippen LogP contribution in [-0.4, -0.2) is 88.1 Å². The summed E-state index contributed by atoms with van der Waals surface area (Å²) in [5.41, 5.74) is 3.15. The molecule has 0 spiro atoms.